The second kappa shape index (κ2) is 5.96. The molecular weight excluding hydrogens is 308 g/mol. The van der Waals surface area contributed by atoms with Crippen molar-refractivity contribution in [2.24, 2.45) is 0 Å². The Morgan fingerprint density at radius 2 is 2.19 bits per heavy atom. The summed E-state index contributed by atoms with van der Waals surface area (Å²) in [4.78, 5) is 23.4. The van der Waals surface area contributed by atoms with Gasteiger partial charge in [0.15, 0.2) is 10.3 Å². The molecule has 0 bridgehead atoms. The van der Waals surface area contributed by atoms with Gasteiger partial charge in [0.2, 0.25) is 0 Å². The van der Waals surface area contributed by atoms with Crippen molar-refractivity contribution in [2.45, 2.75) is 6.92 Å². The molecule has 1 amide bonds. The number of hydrogen-bond donors (Lipinski definition) is 3. The predicted molar refractivity (Wildman–Crippen MR) is 86.4 cm³/mol. The van der Waals surface area contributed by atoms with Gasteiger partial charge in [-0.2, -0.15) is 0 Å². The van der Waals surface area contributed by atoms with Gasteiger partial charge in [-0.1, -0.05) is 11.3 Å². The fourth-order valence-corrected chi connectivity index (χ4v) is 3.65. The van der Waals surface area contributed by atoms with E-state index in [9.17, 15) is 4.79 Å². The monoisotopic (exact) mass is 324 g/mol. The van der Waals surface area contributed by atoms with Crippen molar-refractivity contribution in [3.05, 3.63) is 16.0 Å². The third kappa shape index (κ3) is 3.14. The summed E-state index contributed by atoms with van der Waals surface area (Å²) < 4.78 is 0. The molecule has 9 heteroatoms. The number of rotatable bonds is 3. The Kier molecular flexibility index (Phi) is 4.04. The third-order valence-corrected chi connectivity index (χ3v) is 5.08. The van der Waals surface area contributed by atoms with Gasteiger partial charge in [0.25, 0.3) is 5.91 Å². The van der Waals surface area contributed by atoms with Gasteiger partial charge in [-0.15, -0.1) is 11.3 Å². The zero-order valence-corrected chi connectivity index (χ0v) is 13.2. The van der Waals surface area contributed by atoms with Crippen molar-refractivity contribution < 1.29 is 4.79 Å². The van der Waals surface area contributed by atoms with Gasteiger partial charge in [0, 0.05) is 31.6 Å². The normalized spacial score (nSPS) is 15.2. The summed E-state index contributed by atoms with van der Waals surface area (Å²) in [5.41, 5.74) is 6.77. The van der Waals surface area contributed by atoms with Gasteiger partial charge in [0.1, 0.15) is 10.7 Å². The number of piperazine rings is 1. The standard InChI is InChI=1S/C12H16N6OS2/c1-7-6-20-11(15-7)17-10(19)8-9(13)16-12(21-8)18-4-2-14-3-5-18/h6,14H,2-5,13H2,1H3,(H,15,17,19). The van der Waals surface area contributed by atoms with Crippen molar-refractivity contribution in [3.63, 3.8) is 0 Å². The molecule has 1 aliphatic rings. The fraction of sp³-hybridized carbons (Fsp3) is 0.417. The molecule has 0 saturated carbocycles. The fourth-order valence-electron chi connectivity index (χ4n) is 2.04. The zero-order chi connectivity index (χ0) is 14.8. The molecule has 1 saturated heterocycles. The molecule has 3 heterocycles. The molecule has 0 radical (unpaired) electrons. The number of nitrogens with one attached hydrogen (secondary N) is 2. The van der Waals surface area contributed by atoms with Crippen LogP contribution in [-0.2, 0) is 0 Å². The maximum atomic E-state index is 12.3. The second-order valence-corrected chi connectivity index (χ2v) is 6.53. The van der Waals surface area contributed by atoms with Crippen LogP contribution in [0.3, 0.4) is 0 Å². The van der Waals surface area contributed by atoms with Crippen LogP contribution in [0.15, 0.2) is 5.38 Å². The Labute approximate surface area is 130 Å². The van der Waals surface area contributed by atoms with E-state index in [1.807, 2.05) is 12.3 Å². The minimum atomic E-state index is -0.249. The van der Waals surface area contributed by atoms with E-state index >= 15 is 0 Å². The van der Waals surface area contributed by atoms with Gasteiger partial charge in [-0.05, 0) is 6.92 Å². The largest absolute Gasteiger partial charge is 0.382 e. The molecule has 21 heavy (non-hydrogen) atoms. The van der Waals surface area contributed by atoms with Crippen molar-refractivity contribution in [2.75, 3.05) is 42.1 Å². The first-order valence-corrected chi connectivity index (χ1v) is 8.28. The van der Waals surface area contributed by atoms with E-state index in [1.54, 1.807) is 0 Å². The van der Waals surface area contributed by atoms with Crippen LogP contribution in [0.5, 0.6) is 0 Å². The molecule has 1 aliphatic heterocycles. The van der Waals surface area contributed by atoms with Crippen LogP contribution in [-0.4, -0.2) is 42.1 Å². The highest BCUT2D eigenvalue weighted by Crippen LogP contribution is 2.29. The molecule has 2 aromatic heterocycles. The lowest BCUT2D eigenvalue weighted by atomic mass is 10.4. The number of carbonyl (C=O) groups excluding carboxylic acids is 1. The Morgan fingerprint density at radius 1 is 1.43 bits per heavy atom. The van der Waals surface area contributed by atoms with Gasteiger partial charge >= 0.3 is 0 Å². The maximum absolute atomic E-state index is 12.3. The molecule has 7 nitrogen and oxygen atoms in total. The van der Waals surface area contributed by atoms with Crippen LogP contribution in [0.2, 0.25) is 0 Å². The summed E-state index contributed by atoms with van der Waals surface area (Å²) in [6.07, 6.45) is 0. The molecule has 2 aromatic rings. The van der Waals surface area contributed by atoms with Gasteiger partial charge in [-0.25, -0.2) is 9.97 Å². The number of aromatic nitrogens is 2. The molecular formula is C12H16N6OS2. The van der Waals surface area contributed by atoms with E-state index in [4.69, 9.17) is 5.73 Å². The summed E-state index contributed by atoms with van der Waals surface area (Å²) in [5.74, 6) is 0.0278. The first kappa shape index (κ1) is 14.2. The van der Waals surface area contributed by atoms with Crippen LogP contribution >= 0.6 is 22.7 Å². The van der Waals surface area contributed by atoms with Crippen molar-refractivity contribution in [3.8, 4) is 0 Å². The van der Waals surface area contributed by atoms with E-state index in [-0.39, 0.29) is 11.7 Å². The smallest absolute Gasteiger partial charge is 0.271 e. The molecule has 3 rings (SSSR count). The average Bonchev–Trinajstić information content (AvgIpc) is 3.06. The SMILES string of the molecule is Cc1csc(NC(=O)c2sc(N3CCNCC3)nc2N)n1. The molecule has 0 aromatic carbocycles. The summed E-state index contributed by atoms with van der Waals surface area (Å²) >= 11 is 2.72. The number of amides is 1. The van der Waals surface area contributed by atoms with Crippen LogP contribution < -0.4 is 21.3 Å². The highest BCUT2D eigenvalue weighted by molar-refractivity contribution is 7.18. The number of carbonyl (C=O) groups is 1. The van der Waals surface area contributed by atoms with Crippen LogP contribution in [0.1, 0.15) is 15.4 Å². The van der Waals surface area contributed by atoms with E-state index in [0.29, 0.717) is 10.0 Å². The maximum Gasteiger partial charge on any atom is 0.271 e. The Balaban J connectivity index is 1.75. The third-order valence-electron chi connectivity index (χ3n) is 3.08. The van der Waals surface area contributed by atoms with Crippen molar-refractivity contribution >= 4 is 44.7 Å². The number of anilines is 3. The number of hydrogen-bond acceptors (Lipinski definition) is 8. The van der Waals surface area contributed by atoms with Gasteiger partial charge in [0.05, 0.1) is 5.69 Å². The van der Waals surface area contributed by atoms with Crippen LogP contribution in [0.25, 0.3) is 0 Å². The van der Waals surface area contributed by atoms with Crippen LogP contribution in [0.4, 0.5) is 16.1 Å². The van der Waals surface area contributed by atoms with E-state index in [1.165, 1.54) is 22.7 Å². The number of nitrogen functional groups attached to an aromatic ring is 1. The predicted octanol–water partition coefficient (Wildman–Crippen LogP) is 1.15. The Bertz CT molecular complexity index is 646. The minimum Gasteiger partial charge on any atom is -0.382 e. The summed E-state index contributed by atoms with van der Waals surface area (Å²) in [6.45, 7) is 5.47. The summed E-state index contributed by atoms with van der Waals surface area (Å²) in [6, 6.07) is 0. The molecule has 112 valence electrons. The number of aryl methyl sites for hydroxylation is 1. The topological polar surface area (TPSA) is 96.2 Å². The van der Waals surface area contributed by atoms with E-state index < -0.39 is 0 Å². The molecule has 0 aliphatic carbocycles. The number of nitrogens with zero attached hydrogens (tertiary/aromatic N) is 3. The van der Waals surface area contributed by atoms with Crippen molar-refractivity contribution in [1.29, 1.82) is 0 Å². The summed E-state index contributed by atoms with van der Waals surface area (Å²) in [7, 11) is 0. The molecule has 0 atom stereocenters. The molecule has 0 spiro atoms. The summed E-state index contributed by atoms with van der Waals surface area (Å²) in [5, 5.41) is 9.31. The first-order chi connectivity index (χ1) is 10.1. The van der Waals surface area contributed by atoms with Gasteiger partial charge < -0.3 is 16.0 Å². The zero-order valence-electron chi connectivity index (χ0n) is 11.5. The molecule has 4 N–H and O–H groups in total. The van der Waals surface area contributed by atoms with E-state index in [0.717, 1.165) is 37.0 Å². The lowest BCUT2D eigenvalue weighted by Gasteiger charge is -2.26. The van der Waals surface area contributed by atoms with Gasteiger partial charge in [-0.3, -0.25) is 10.1 Å². The Hall–Kier alpha value is -1.71. The lowest BCUT2D eigenvalue weighted by molar-refractivity contribution is 0.103. The lowest BCUT2D eigenvalue weighted by Crippen LogP contribution is -2.43. The van der Waals surface area contributed by atoms with E-state index in [2.05, 4.69) is 25.5 Å². The van der Waals surface area contributed by atoms with Crippen LogP contribution in [0, 0.1) is 6.92 Å². The molecule has 0 unspecified atom stereocenters. The highest BCUT2D eigenvalue weighted by atomic mass is 32.1. The number of thiazole rings is 2. The quantitative estimate of drug-likeness (QED) is 0.784. The average molecular weight is 324 g/mol. The van der Waals surface area contributed by atoms with Crippen molar-refractivity contribution in [1.82, 2.24) is 15.3 Å². The minimum absolute atomic E-state index is 0.249. The Morgan fingerprint density at radius 3 is 2.86 bits per heavy atom. The second-order valence-electron chi connectivity index (χ2n) is 4.70. The first-order valence-electron chi connectivity index (χ1n) is 6.59. The number of nitrogens with two attached hydrogens (primary N) is 1. The highest BCUT2D eigenvalue weighted by Gasteiger charge is 2.21. The molecule has 1 fully saturated rings.